The monoisotopic (exact) mass is 303 g/mol. The lowest BCUT2D eigenvalue weighted by molar-refractivity contribution is -0.125. The number of nitrogens with zero attached hydrogens (tertiary/aromatic N) is 1. The maximum Gasteiger partial charge on any atom is 0.246 e. The largest absolute Gasteiger partial charge is 0.491 e. The summed E-state index contributed by atoms with van der Waals surface area (Å²) >= 11 is 0. The summed E-state index contributed by atoms with van der Waals surface area (Å²) < 4.78 is 10.6. The van der Waals surface area contributed by atoms with Gasteiger partial charge in [0.1, 0.15) is 19.0 Å². The second kappa shape index (κ2) is 7.09. The Morgan fingerprint density at radius 2 is 2.23 bits per heavy atom. The van der Waals surface area contributed by atoms with Gasteiger partial charge >= 0.3 is 0 Å². The molecule has 0 aliphatic heterocycles. The van der Waals surface area contributed by atoms with E-state index in [4.69, 9.17) is 15.2 Å². The summed E-state index contributed by atoms with van der Waals surface area (Å²) in [5.74, 6) is 0.490. The van der Waals surface area contributed by atoms with Crippen LogP contribution in [0.15, 0.2) is 24.3 Å². The minimum atomic E-state index is -0.173. The number of aryl methyl sites for hydroxylation is 1. The highest BCUT2D eigenvalue weighted by Crippen LogP contribution is 2.30. The van der Waals surface area contributed by atoms with Crippen LogP contribution in [-0.4, -0.2) is 37.3 Å². The molecule has 0 fully saturated rings. The van der Waals surface area contributed by atoms with Gasteiger partial charge in [0.2, 0.25) is 5.91 Å². The SMILES string of the molecule is COCC(=O)NC(C)COc1cccc2nc(C)cc(N)c12. The van der Waals surface area contributed by atoms with Crippen molar-refractivity contribution in [2.24, 2.45) is 0 Å². The van der Waals surface area contributed by atoms with Gasteiger partial charge in [-0.15, -0.1) is 0 Å². The van der Waals surface area contributed by atoms with E-state index in [1.165, 1.54) is 7.11 Å². The number of pyridine rings is 1. The quantitative estimate of drug-likeness (QED) is 0.847. The Bertz CT molecular complexity index is 673. The molecule has 0 spiro atoms. The molecular weight excluding hydrogens is 282 g/mol. The minimum absolute atomic E-state index is 0.0365. The molecule has 1 aromatic carbocycles. The number of rotatable bonds is 6. The van der Waals surface area contributed by atoms with Crippen LogP contribution in [0.2, 0.25) is 0 Å². The molecule has 1 unspecified atom stereocenters. The highest BCUT2D eigenvalue weighted by molar-refractivity contribution is 5.95. The zero-order valence-electron chi connectivity index (χ0n) is 13.1. The number of anilines is 1. The summed E-state index contributed by atoms with van der Waals surface area (Å²) in [5, 5.41) is 3.58. The van der Waals surface area contributed by atoms with E-state index in [1.54, 1.807) is 0 Å². The van der Waals surface area contributed by atoms with Gasteiger partial charge in [-0.3, -0.25) is 9.78 Å². The normalized spacial score (nSPS) is 12.1. The molecule has 2 rings (SSSR count). The van der Waals surface area contributed by atoms with E-state index in [9.17, 15) is 4.79 Å². The van der Waals surface area contributed by atoms with Gasteiger partial charge in [-0.25, -0.2) is 0 Å². The number of aromatic nitrogens is 1. The Labute approximate surface area is 129 Å². The predicted octanol–water partition coefficient (Wildman–Crippen LogP) is 1.66. The van der Waals surface area contributed by atoms with Gasteiger partial charge in [0.15, 0.2) is 0 Å². The summed E-state index contributed by atoms with van der Waals surface area (Å²) in [7, 11) is 1.48. The summed E-state index contributed by atoms with van der Waals surface area (Å²) in [6.45, 7) is 4.14. The lowest BCUT2D eigenvalue weighted by Gasteiger charge is -2.16. The second-order valence-corrected chi connectivity index (χ2v) is 5.22. The molecule has 0 radical (unpaired) electrons. The van der Waals surface area contributed by atoms with Crippen LogP contribution in [0.25, 0.3) is 10.9 Å². The standard InChI is InChI=1S/C16H21N3O3/c1-10-7-12(17)16-13(18-10)5-4-6-14(16)22-8-11(2)19-15(20)9-21-3/h4-7,11H,8-9H2,1-3H3,(H2,17,18)(H,19,20). The van der Waals surface area contributed by atoms with Gasteiger partial charge in [-0.05, 0) is 32.0 Å². The molecule has 3 N–H and O–H groups in total. The topological polar surface area (TPSA) is 86.5 Å². The Hall–Kier alpha value is -2.34. The van der Waals surface area contributed by atoms with E-state index in [0.29, 0.717) is 18.0 Å². The van der Waals surface area contributed by atoms with Gasteiger partial charge in [0, 0.05) is 18.5 Å². The third kappa shape index (κ3) is 3.85. The number of methoxy groups -OCH3 is 1. The molecule has 6 nitrogen and oxygen atoms in total. The first-order valence-corrected chi connectivity index (χ1v) is 7.08. The number of carbonyl (C=O) groups is 1. The molecule has 22 heavy (non-hydrogen) atoms. The molecule has 0 bridgehead atoms. The van der Waals surface area contributed by atoms with Crippen LogP contribution in [0.4, 0.5) is 5.69 Å². The molecule has 0 aliphatic rings. The van der Waals surface area contributed by atoms with Crippen LogP contribution in [0, 0.1) is 6.92 Å². The molecule has 2 aromatic rings. The first-order valence-electron chi connectivity index (χ1n) is 7.08. The predicted molar refractivity (Wildman–Crippen MR) is 85.9 cm³/mol. The van der Waals surface area contributed by atoms with Crippen LogP contribution in [-0.2, 0) is 9.53 Å². The zero-order chi connectivity index (χ0) is 16.1. The number of carbonyl (C=O) groups excluding carboxylic acids is 1. The van der Waals surface area contributed by atoms with Crippen LogP contribution in [0.3, 0.4) is 0 Å². The Kier molecular flexibility index (Phi) is 5.16. The number of benzene rings is 1. The number of hydrogen-bond acceptors (Lipinski definition) is 5. The minimum Gasteiger partial charge on any atom is -0.491 e. The van der Waals surface area contributed by atoms with Crippen molar-refractivity contribution in [3.63, 3.8) is 0 Å². The van der Waals surface area contributed by atoms with Crippen molar-refractivity contribution in [3.05, 3.63) is 30.0 Å². The van der Waals surface area contributed by atoms with Gasteiger partial charge in [0.25, 0.3) is 0 Å². The number of nitrogens with one attached hydrogen (secondary N) is 1. The molecule has 0 saturated carbocycles. The molecular formula is C16H21N3O3. The number of amides is 1. The van der Waals surface area contributed by atoms with Crippen molar-refractivity contribution in [1.29, 1.82) is 0 Å². The van der Waals surface area contributed by atoms with Crippen LogP contribution in [0.5, 0.6) is 5.75 Å². The van der Waals surface area contributed by atoms with Gasteiger partial charge in [-0.1, -0.05) is 6.07 Å². The highest BCUT2D eigenvalue weighted by Gasteiger charge is 2.11. The van der Waals surface area contributed by atoms with Crippen LogP contribution in [0.1, 0.15) is 12.6 Å². The third-order valence-corrected chi connectivity index (χ3v) is 3.13. The van der Waals surface area contributed by atoms with Crippen molar-refractivity contribution in [2.75, 3.05) is 26.1 Å². The number of nitrogens with two attached hydrogens (primary N) is 1. The van der Waals surface area contributed by atoms with Crippen molar-refractivity contribution in [1.82, 2.24) is 10.3 Å². The Balaban J connectivity index is 2.10. The first-order chi connectivity index (χ1) is 10.5. The molecule has 1 amide bonds. The van der Waals surface area contributed by atoms with Crippen molar-refractivity contribution in [2.45, 2.75) is 19.9 Å². The zero-order valence-corrected chi connectivity index (χ0v) is 13.1. The lowest BCUT2D eigenvalue weighted by Crippen LogP contribution is -2.38. The second-order valence-electron chi connectivity index (χ2n) is 5.22. The molecule has 1 atom stereocenters. The molecule has 0 saturated heterocycles. The number of fused-ring (bicyclic) bond motifs is 1. The first kappa shape index (κ1) is 16.0. The highest BCUT2D eigenvalue weighted by atomic mass is 16.5. The summed E-state index contributed by atoms with van der Waals surface area (Å²) in [6, 6.07) is 7.29. The van der Waals surface area contributed by atoms with Crippen molar-refractivity contribution >= 4 is 22.5 Å². The van der Waals surface area contributed by atoms with Gasteiger partial charge in [0.05, 0.1) is 16.9 Å². The van der Waals surface area contributed by atoms with E-state index in [0.717, 1.165) is 16.6 Å². The molecule has 1 aromatic heterocycles. The number of nitrogen functional groups attached to an aromatic ring is 1. The van der Waals surface area contributed by atoms with Crippen LogP contribution >= 0.6 is 0 Å². The summed E-state index contributed by atoms with van der Waals surface area (Å²) in [5.41, 5.74) is 8.37. The van der Waals surface area contributed by atoms with E-state index >= 15 is 0 Å². The molecule has 6 heteroatoms. The fraction of sp³-hybridized carbons (Fsp3) is 0.375. The Morgan fingerprint density at radius 3 is 2.95 bits per heavy atom. The molecule has 1 heterocycles. The van der Waals surface area contributed by atoms with E-state index < -0.39 is 0 Å². The summed E-state index contributed by atoms with van der Waals surface area (Å²) in [6.07, 6.45) is 0. The van der Waals surface area contributed by atoms with Crippen molar-refractivity contribution < 1.29 is 14.3 Å². The van der Waals surface area contributed by atoms with E-state index in [2.05, 4.69) is 10.3 Å². The van der Waals surface area contributed by atoms with Gasteiger partial charge < -0.3 is 20.5 Å². The maximum atomic E-state index is 11.4. The molecule has 0 aliphatic carbocycles. The average molecular weight is 303 g/mol. The van der Waals surface area contributed by atoms with Crippen LogP contribution < -0.4 is 15.8 Å². The van der Waals surface area contributed by atoms with Crippen molar-refractivity contribution in [3.8, 4) is 5.75 Å². The smallest absolute Gasteiger partial charge is 0.246 e. The maximum absolute atomic E-state index is 11.4. The third-order valence-electron chi connectivity index (χ3n) is 3.13. The number of hydrogen-bond donors (Lipinski definition) is 2. The Morgan fingerprint density at radius 1 is 1.45 bits per heavy atom. The van der Waals surface area contributed by atoms with E-state index in [-0.39, 0.29) is 18.6 Å². The van der Waals surface area contributed by atoms with Gasteiger partial charge in [-0.2, -0.15) is 0 Å². The van der Waals surface area contributed by atoms with E-state index in [1.807, 2.05) is 38.1 Å². The average Bonchev–Trinajstić information content (AvgIpc) is 2.44. The summed E-state index contributed by atoms with van der Waals surface area (Å²) in [4.78, 5) is 15.9. The fourth-order valence-corrected chi connectivity index (χ4v) is 2.25. The lowest BCUT2D eigenvalue weighted by atomic mass is 10.1. The molecule has 118 valence electrons. The number of ether oxygens (including phenoxy) is 2. The fourth-order valence-electron chi connectivity index (χ4n) is 2.25.